The molecule has 0 fully saturated rings. The smallest absolute Gasteiger partial charge is 0.253 e. The highest BCUT2D eigenvalue weighted by atomic mass is 19.2. The molecule has 0 radical (unpaired) electrons. The van der Waals surface area contributed by atoms with Gasteiger partial charge in [-0.25, -0.2) is 13.2 Å². The molecular weight excluding hydrogens is 351 g/mol. The molecule has 1 heterocycles. The molecule has 0 saturated carbocycles. The molecule has 3 rings (SSSR count). The number of hydrogen-bond acceptors (Lipinski definition) is 6. The van der Waals surface area contributed by atoms with E-state index in [0.29, 0.717) is 17.8 Å². The van der Waals surface area contributed by atoms with Gasteiger partial charge in [0.05, 0.1) is 6.10 Å². The van der Waals surface area contributed by atoms with Gasteiger partial charge < -0.3 is 15.7 Å². The number of aliphatic hydroxyl groups excluding tert-OH is 1. The zero-order chi connectivity index (χ0) is 18.8. The van der Waals surface area contributed by atoms with Crippen LogP contribution in [0.3, 0.4) is 0 Å². The Morgan fingerprint density at radius 2 is 1.58 bits per heavy atom. The summed E-state index contributed by atoms with van der Waals surface area (Å²) in [6.45, 7) is -0.319. The van der Waals surface area contributed by atoms with Gasteiger partial charge in [0.2, 0.25) is 0 Å². The normalized spacial score (nSPS) is 12.2. The van der Waals surface area contributed by atoms with Gasteiger partial charge in [0.1, 0.15) is 11.4 Å². The maximum absolute atomic E-state index is 13.2. The molecule has 26 heavy (non-hydrogen) atoms. The van der Waals surface area contributed by atoms with Gasteiger partial charge in [-0.1, -0.05) is 0 Å². The molecule has 1 atom stereocenters. The topological polar surface area (TPSA) is 91.3 Å². The summed E-state index contributed by atoms with van der Waals surface area (Å²) in [5.74, 6) is -4.51. The molecule has 0 spiro atoms. The molecule has 0 aliphatic carbocycles. The highest BCUT2D eigenvalue weighted by Gasteiger charge is 2.22. The summed E-state index contributed by atoms with van der Waals surface area (Å²) in [6, 6.07) is 4.48. The number of benzene rings is 1. The lowest BCUT2D eigenvalue weighted by Gasteiger charge is -2.17. The summed E-state index contributed by atoms with van der Waals surface area (Å²) in [7, 11) is 0. The fourth-order valence-electron chi connectivity index (χ4n) is 2.34. The van der Waals surface area contributed by atoms with Crippen LogP contribution in [0, 0.1) is 17.5 Å². The fraction of sp³-hybridized carbons (Fsp3) is 0.118. The summed E-state index contributed by atoms with van der Waals surface area (Å²) in [5.41, 5.74) is -1.27. The van der Waals surface area contributed by atoms with E-state index in [9.17, 15) is 27.9 Å². The molecule has 0 aliphatic rings. The third-order valence-corrected chi connectivity index (χ3v) is 3.72. The van der Waals surface area contributed by atoms with Crippen molar-refractivity contribution in [3.8, 4) is 0 Å². The molecule has 6 nitrogen and oxygen atoms in total. The van der Waals surface area contributed by atoms with Crippen LogP contribution in [0.2, 0.25) is 0 Å². The van der Waals surface area contributed by atoms with Crippen molar-refractivity contribution in [1.29, 1.82) is 0 Å². The predicted molar refractivity (Wildman–Crippen MR) is 88.6 cm³/mol. The van der Waals surface area contributed by atoms with E-state index >= 15 is 0 Å². The van der Waals surface area contributed by atoms with Gasteiger partial charge in [0.15, 0.2) is 17.5 Å². The number of rotatable bonds is 6. The second-order valence-electron chi connectivity index (χ2n) is 5.46. The minimum absolute atomic E-state index is 0.00451. The molecule has 9 heteroatoms. The summed E-state index contributed by atoms with van der Waals surface area (Å²) in [4.78, 5) is 27.2. The van der Waals surface area contributed by atoms with Gasteiger partial charge in [0.25, 0.3) is 10.9 Å². The van der Waals surface area contributed by atoms with Crippen molar-refractivity contribution in [3.63, 3.8) is 0 Å². The summed E-state index contributed by atoms with van der Waals surface area (Å²) in [6.07, 6.45) is 1.54. The number of halogens is 3. The second kappa shape index (κ2) is 6.96. The van der Waals surface area contributed by atoms with E-state index in [0.717, 1.165) is 0 Å². The Morgan fingerprint density at radius 3 is 2.19 bits per heavy atom. The summed E-state index contributed by atoms with van der Waals surface area (Å²) >= 11 is 0. The highest BCUT2D eigenvalue weighted by Crippen LogP contribution is 2.23. The third-order valence-electron chi connectivity index (χ3n) is 3.72. The fourth-order valence-corrected chi connectivity index (χ4v) is 2.34. The molecule has 0 aliphatic heterocycles. The van der Waals surface area contributed by atoms with E-state index in [4.69, 9.17) is 0 Å². The van der Waals surface area contributed by atoms with E-state index in [-0.39, 0.29) is 23.5 Å². The first kappa shape index (κ1) is 17.6. The van der Waals surface area contributed by atoms with Gasteiger partial charge in [0, 0.05) is 24.6 Å². The Bertz CT molecular complexity index is 994. The van der Waals surface area contributed by atoms with Crippen LogP contribution in [-0.2, 0) is 0 Å². The molecule has 1 unspecified atom stereocenters. The van der Waals surface area contributed by atoms with Crippen molar-refractivity contribution in [1.82, 2.24) is 4.98 Å². The standard InChI is InChI=1S/C17H12F3N3O3/c18-10-5-8(6-11(19)13(10)20)12(24)7-22-14-15(17(26)16(14)25)23-9-1-3-21-4-2-9/h1-6,12,22,24H,7H2,(H,21,23). The number of nitrogens with zero attached hydrogens (tertiary/aromatic N) is 1. The first-order valence-electron chi connectivity index (χ1n) is 7.45. The zero-order valence-corrected chi connectivity index (χ0v) is 13.1. The molecule has 1 aromatic heterocycles. The van der Waals surface area contributed by atoms with E-state index in [1.54, 1.807) is 12.1 Å². The Labute approximate surface area is 144 Å². The van der Waals surface area contributed by atoms with Crippen molar-refractivity contribution >= 4 is 17.1 Å². The number of hydrogen-bond donors (Lipinski definition) is 3. The van der Waals surface area contributed by atoms with Crippen LogP contribution >= 0.6 is 0 Å². The van der Waals surface area contributed by atoms with Crippen LogP contribution in [0.25, 0.3) is 0 Å². The Hall–Kier alpha value is -3.20. The van der Waals surface area contributed by atoms with Crippen LogP contribution in [0.1, 0.15) is 11.7 Å². The molecule has 2 aromatic carbocycles. The Morgan fingerprint density at radius 1 is 1.00 bits per heavy atom. The summed E-state index contributed by atoms with van der Waals surface area (Å²) in [5, 5.41) is 15.3. The van der Waals surface area contributed by atoms with Gasteiger partial charge in [-0.15, -0.1) is 0 Å². The maximum Gasteiger partial charge on any atom is 0.253 e. The lowest BCUT2D eigenvalue weighted by Crippen LogP contribution is -2.37. The van der Waals surface area contributed by atoms with Crippen molar-refractivity contribution in [2.45, 2.75) is 6.10 Å². The first-order chi connectivity index (χ1) is 12.4. The lowest BCUT2D eigenvalue weighted by molar-refractivity contribution is 0.190. The van der Waals surface area contributed by atoms with E-state index in [2.05, 4.69) is 15.6 Å². The van der Waals surface area contributed by atoms with Gasteiger partial charge in [-0.2, -0.15) is 0 Å². The number of nitrogens with one attached hydrogen (secondary N) is 2. The minimum Gasteiger partial charge on any atom is -0.387 e. The van der Waals surface area contributed by atoms with Gasteiger partial charge in [-0.3, -0.25) is 14.6 Å². The molecule has 0 bridgehead atoms. The SMILES string of the molecule is O=c1c(NCC(O)c2cc(F)c(F)c(F)c2)c(Nc2ccncc2)c1=O. The first-order valence-corrected chi connectivity index (χ1v) is 7.45. The molecule has 3 aromatic rings. The molecule has 3 N–H and O–H groups in total. The average Bonchev–Trinajstić information content (AvgIpc) is 2.65. The van der Waals surface area contributed by atoms with Crippen LogP contribution in [0.15, 0.2) is 46.2 Å². The predicted octanol–water partition coefficient (Wildman–Crippen LogP) is 1.98. The quantitative estimate of drug-likeness (QED) is 0.458. The third kappa shape index (κ3) is 3.29. The van der Waals surface area contributed by atoms with E-state index in [1.807, 2.05) is 0 Å². The lowest BCUT2D eigenvalue weighted by atomic mass is 10.1. The van der Waals surface area contributed by atoms with E-state index in [1.165, 1.54) is 12.4 Å². The molecule has 0 saturated heterocycles. The van der Waals surface area contributed by atoms with Crippen molar-refractivity contribution in [3.05, 3.63) is 80.1 Å². The number of aliphatic hydroxyl groups is 1. The largest absolute Gasteiger partial charge is 0.387 e. The van der Waals surface area contributed by atoms with Crippen LogP contribution in [0.4, 0.5) is 30.2 Å². The average molecular weight is 363 g/mol. The van der Waals surface area contributed by atoms with Gasteiger partial charge >= 0.3 is 0 Å². The monoisotopic (exact) mass is 363 g/mol. The molecule has 0 amide bonds. The summed E-state index contributed by atoms with van der Waals surface area (Å²) < 4.78 is 39.4. The Kier molecular flexibility index (Phi) is 4.72. The van der Waals surface area contributed by atoms with Crippen LogP contribution in [0.5, 0.6) is 0 Å². The number of aromatic nitrogens is 1. The van der Waals surface area contributed by atoms with Crippen molar-refractivity contribution < 1.29 is 18.3 Å². The molecular formula is C17H12F3N3O3. The second-order valence-corrected chi connectivity index (χ2v) is 5.46. The van der Waals surface area contributed by atoms with E-state index < -0.39 is 34.4 Å². The maximum atomic E-state index is 13.2. The minimum atomic E-state index is -1.64. The van der Waals surface area contributed by atoms with Gasteiger partial charge in [-0.05, 0) is 29.8 Å². The zero-order valence-electron chi connectivity index (χ0n) is 13.1. The van der Waals surface area contributed by atoms with Crippen LogP contribution in [-0.4, -0.2) is 16.6 Å². The van der Waals surface area contributed by atoms with Crippen molar-refractivity contribution in [2.75, 3.05) is 17.2 Å². The Balaban J connectivity index is 1.73. The number of pyridine rings is 1. The number of anilines is 3. The van der Waals surface area contributed by atoms with Crippen LogP contribution < -0.4 is 21.5 Å². The molecule has 134 valence electrons. The highest BCUT2D eigenvalue weighted by molar-refractivity contribution is 5.78. The van der Waals surface area contributed by atoms with Crippen molar-refractivity contribution in [2.24, 2.45) is 0 Å².